The number of hydrogen-bond donors (Lipinski definition) is 1. The highest BCUT2D eigenvalue weighted by atomic mass is 79.9. The van der Waals surface area contributed by atoms with E-state index in [4.69, 9.17) is 11.6 Å². The second kappa shape index (κ2) is 5.75. The summed E-state index contributed by atoms with van der Waals surface area (Å²) < 4.78 is 2.51. The summed E-state index contributed by atoms with van der Waals surface area (Å²) in [5.41, 5.74) is 0.496. The normalized spacial score (nSPS) is 10.8. The molecule has 0 bridgehead atoms. The van der Waals surface area contributed by atoms with E-state index in [0.717, 1.165) is 4.47 Å². The van der Waals surface area contributed by atoms with Crippen molar-refractivity contribution >= 4 is 39.3 Å². The van der Waals surface area contributed by atoms with Crippen LogP contribution < -0.4 is 5.32 Å². The standard InChI is InChI=1S/C13H13BrClN3O/c1-8(2)18-12(3-4-16-18)17-13(19)9-5-10(14)7-11(15)6-9/h3-8H,1-2H3,(H,17,19). The molecule has 100 valence electrons. The molecule has 0 aliphatic rings. The van der Waals surface area contributed by atoms with Crippen LogP contribution in [0.15, 0.2) is 34.9 Å². The minimum absolute atomic E-state index is 0.177. The second-order valence-corrected chi connectivity index (χ2v) is 5.72. The third-order valence-electron chi connectivity index (χ3n) is 2.53. The van der Waals surface area contributed by atoms with Gasteiger partial charge in [-0.2, -0.15) is 5.10 Å². The number of rotatable bonds is 3. The quantitative estimate of drug-likeness (QED) is 0.911. The summed E-state index contributed by atoms with van der Waals surface area (Å²) in [5.74, 6) is 0.446. The summed E-state index contributed by atoms with van der Waals surface area (Å²) in [7, 11) is 0. The molecule has 1 heterocycles. The molecule has 2 rings (SSSR count). The summed E-state index contributed by atoms with van der Waals surface area (Å²) in [5, 5.41) is 7.50. The molecule has 0 aliphatic heterocycles. The first-order valence-electron chi connectivity index (χ1n) is 5.78. The van der Waals surface area contributed by atoms with Crippen molar-refractivity contribution in [2.24, 2.45) is 0 Å². The fraction of sp³-hybridized carbons (Fsp3) is 0.231. The largest absolute Gasteiger partial charge is 0.307 e. The highest BCUT2D eigenvalue weighted by Crippen LogP contribution is 2.21. The summed E-state index contributed by atoms with van der Waals surface area (Å²) in [6.07, 6.45) is 1.66. The van der Waals surface area contributed by atoms with Gasteiger partial charge in [0.2, 0.25) is 0 Å². The molecule has 1 N–H and O–H groups in total. The van der Waals surface area contributed by atoms with Crippen molar-refractivity contribution in [1.29, 1.82) is 0 Å². The SMILES string of the molecule is CC(C)n1nccc1NC(=O)c1cc(Cl)cc(Br)c1. The van der Waals surface area contributed by atoms with Crippen LogP contribution in [0.5, 0.6) is 0 Å². The Balaban J connectivity index is 2.23. The molecular formula is C13H13BrClN3O. The van der Waals surface area contributed by atoms with Crippen molar-refractivity contribution in [3.8, 4) is 0 Å². The van der Waals surface area contributed by atoms with Gasteiger partial charge in [-0.3, -0.25) is 4.79 Å². The van der Waals surface area contributed by atoms with Gasteiger partial charge in [0.15, 0.2) is 0 Å². The van der Waals surface area contributed by atoms with Gasteiger partial charge in [-0.1, -0.05) is 27.5 Å². The van der Waals surface area contributed by atoms with Gasteiger partial charge in [-0.05, 0) is 32.0 Å². The molecule has 1 amide bonds. The molecule has 6 heteroatoms. The van der Waals surface area contributed by atoms with Crippen molar-refractivity contribution in [2.75, 3.05) is 5.32 Å². The number of halogens is 2. The van der Waals surface area contributed by atoms with E-state index in [2.05, 4.69) is 26.3 Å². The first kappa shape index (κ1) is 14.1. The molecule has 19 heavy (non-hydrogen) atoms. The zero-order valence-corrected chi connectivity index (χ0v) is 12.9. The van der Waals surface area contributed by atoms with Crippen LogP contribution >= 0.6 is 27.5 Å². The third kappa shape index (κ3) is 3.36. The fourth-order valence-corrected chi connectivity index (χ4v) is 2.56. The van der Waals surface area contributed by atoms with Crippen LogP contribution in [0, 0.1) is 0 Å². The van der Waals surface area contributed by atoms with Gasteiger partial charge < -0.3 is 5.32 Å². The Morgan fingerprint density at radius 3 is 2.79 bits per heavy atom. The first-order valence-corrected chi connectivity index (χ1v) is 6.95. The van der Waals surface area contributed by atoms with E-state index in [0.29, 0.717) is 16.4 Å². The van der Waals surface area contributed by atoms with E-state index in [1.165, 1.54) is 0 Å². The molecule has 4 nitrogen and oxygen atoms in total. The number of carbonyl (C=O) groups is 1. The van der Waals surface area contributed by atoms with E-state index < -0.39 is 0 Å². The van der Waals surface area contributed by atoms with Gasteiger partial charge in [-0.15, -0.1) is 0 Å². The maximum absolute atomic E-state index is 12.2. The van der Waals surface area contributed by atoms with Crippen LogP contribution in [0.25, 0.3) is 0 Å². The lowest BCUT2D eigenvalue weighted by Gasteiger charge is -2.12. The molecule has 1 aromatic carbocycles. The lowest BCUT2D eigenvalue weighted by molar-refractivity contribution is 0.102. The van der Waals surface area contributed by atoms with E-state index in [-0.39, 0.29) is 11.9 Å². The molecule has 1 aromatic heterocycles. The minimum Gasteiger partial charge on any atom is -0.307 e. The molecule has 0 saturated carbocycles. The van der Waals surface area contributed by atoms with Gasteiger partial charge in [0.1, 0.15) is 5.82 Å². The van der Waals surface area contributed by atoms with Crippen LogP contribution in [-0.4, -0.2) is 15.7 Å². The summed E-state index contributed by atoms with van der Waals surface area (Å²) in [6.45, 7) is 4.00. The van der Waals surface area contributed by atoms with Gasteiger partial charge in [0, 0.05) is 27.2 Å². The maximum Gasteiger partial charge on any atom is 0.256 e. The third-order valence-corrected chi connectivity index (χ3v) is 3.20. The number of carbonyl (C=O) groups excluding carboxylic acids is 1. The van der Waals surface area contributed by atoms with Gasteiger partial charge in [-0.25, -0.2) is 4.68 Å². The number of anilines is 1. The van der Waals surface area contributed by atoms with Crippen LogP contribution in [0.2, 0.25) is 5.02 Å². The van der Waals surface area contributed by atoms with Gasteiger partial charge in [0.05, 0.1) is 6.20 Å². The predicted molar refractivity (Wildman–Crippen MR) is 79.7 cm³/mol. The Labute approximate surface area is 124 Å². The highest BCUT2D eigenvalue weighted by molar-refractivity contribution is 9.10. The van der Waals surface area contributed by atoms with Crippen molar-refractivity contribution < 1.29 is 4.79 Å². The second-order valence-electron chi connectivity index (χ2n) is 4.37. The average molecular weight is 343 g/mol. The summed E-state index contributed by atoms with van der Waals surface area (Å²) in [6, 6.07) is 7.01. The molecule has 0 unspecified atom stereocenters. The van der Waals surface area contributed by atoms with Crippen LogP contribution in [0.3, 0.4) is 0 Å². The van der Waals surface area contributed by atoms with E-state index in [1.54, 1.807) is 35.1 Å². The Bertz CT molecular complexity index is 589. The summed E-state index contributed by atoms with van der Waals surface area (Å²) >= 11 is 9.25. The molecular weight excluding hydrogens is 330 g/mol. The first-order chi connectivity index (χ1) is 8.97. The number of benzene rings is 1. The van der Waals surface area contributed by atoms with Crippen LogP contribution in [0.4, 0.5) is 5.82 Å². The summed E-state index contributed by atoms with van der Waals surface area (Å²) in [4.78, 5) is 12.2. The van der Waals surface area contributed by atoms with E-state index in [1.807, 2.05) is 13.8 Å². The lowest BCUT2D eigenvalue weighted by atomic mass is 10.2. The smallest absolute Gasteiger partial charge is 0.256 e. The highest BCUT2D eigenvalue weighted by Gasteiger charge is 2.12. The number of hydrogen-bond acceptors (Lipinski definition) is 2. The average Bonchev–Trinajstić information content (AvgIpc) is 2.75. The maximum atomic E-state index is 12.2. The monoisotopic (exact) mass is 341 g/mol. The van der Waals surface area contributed by atoms with Gasteiger partial charge in [0.25, 0.3) is 5.91 Å². The van der Waals surface area contributed by atoms with Crippen molar-refractivity contribution in [2.45, 2.75) is 19.9 Å². The number of amides is 1. The van der Waals surface area contributed by atoms with E-state index >= 15 is 0 Å². The Morgan fingerprint density at radius 2 is 2.16 bits per heavy atom. The topological polar surface area (TPSA) is 46.9 Å². The predicted octanol–water partition coefficient (Wildman–Crippen LogP) is 4.13. The fourth-order valence-electron chi connectivity index (χ4n) is 1.70. The minimum atomic E-state index is -0.217. The Hall–Kier alpha value is -1.33. The van der Waals surface area contributed by atoms with Gasteiger partial charge >= 0.3 is 0 Å². The molecule has 2 aromatic rings. The molecule has 0 radical (unpaired) electrons. The molecule has 0 fully saturated rings. The lowest BCUT2D eigenvalue weighted by Crippen LogP contribution is -2.16. The number of nitrogens with one attached hydrogen (secondary N) is 1. The zero-order chi connectivity index (χ0) is 14.0. The molecule has 0 aliphatic carbocycles. The Kier molecular flexibility index (Phi) is 4.27. The zero-order valence-electron chi connectivity index (χ0n) is 10.5. The van der Waals surface area contributed by atoms with E-state index in [9.17, 15) is 4.79 Å². The van der Waals surface area contributed by atoms with Crippen LogP contribution in [-0.2, 0) is 0 Å². The van der Waals surface area contributed by atoms with Crippen LogP contribution in [0.1, 0.15) is 30.2 Å². The van der Waals surface area contributed by atoms with Crippen molar-refractivity contribution in [3.63, 3.8) is 0 Å². The Morgan fingerprint density at radius 1 is 1.42 bits per heavy atom. The number of nitrogens with zero attached hydrogens (tertiary/aromatic N) is 2. The van der Waals surface area contributed by atoms with Crippen molar-refractivity contribution in [1.82, 2.24) is 9.78 Å². The molecule has 0 spiro atoms. The molecule has 0 atom stereocenters. The molecule has 0 saturated heterocycles. The number of aromatic nitrogens is 2. The van der Waals surface area contributed by atoms with Crippen molar-refractivity contribution in [3.05, 3.63) is 45.5 Å².